The maximum Gasteiger partial charge on any atom is 0.0701 e. The van der Waals surface area contributed by atoms with Gasteiger partial charge in [-0.05, 0) is 37.5 Å². The quantitative estimate of drug-likeness (QED) is 0.820. The molecule has 0 saturated carbocycles. The first-order chi connectivity index (χ1) is 10.1. The van der Waals surface area contributed by atoms with Gasteiger partial charge in [0.1, 0.15) is 0 Å². The molecule has 1 saturated heterocycles. The molecule has 5 heteroatoms. The van der Waals surface area contributed by atoms with E-state index in [-0.39, 0.29) is 24.8 Å². The van der Waals surface area contributed by atoms with E-state index in [9.17, 15) is 0 Å². The van der Waals surface area contributed by atoms with Crippen LogP contribution >= 0.6 is 15.9 Å². The normalized spacial score (nSPS) is 20.4. The van der Waals surface area contributed by atoms with Crippen molar-refractivity contribution < 1.29 is 9.84 Å². The van der Waals surface area contributed by atoms with Gasteiger partial charge in [-0.2, -0.15) is 0 Å². The average molecular weight is 357 g/mol. The van der Waals surface area contributed by atoms with Gasteiger partial charge in [0, 0.05) is 29.6 Å². The number of piperidine rings is 1. The molecule has 0 aliphatic carbocycles. The second-order valence-electron chi connectivity index (χ2n) is 5.69. The monoisotopic (exact) mass is 356 g/mol. The van der Waals surface area contributed by atoms with Crippen LogP contribution in [-0.2, 0) is 4.74 Å². The van der Waals surface area contributed by atoms with Gasteiger partial charge in [-0.1, -0.05) is 28.1 Å². The van der Waals surface area contributed by atoms with Crippen molar-refractivity contribution in [3.63, 3.8) is 0 Å². The van der Waals surface area contributed by atoms with E-state index in [0.717, 1.165) is 30.4 Å². The summed E-state index contributed by atoms with van der Waals surface area (Å²) in [6, 6.07) is 8.72. The minimum Gasteiger partial charge on any atom is -0.394 e. The number of hydrogen-bond donors (Lipinski definition) is 2. The molecular weight excluding hydrogens is 332 g/mol. The largest absolute Gasteiger partial charge is 0.394 e. The van der Waals surface area contributed by atoms with Gasteiger partial charge in [0.15, 0.2) is 0 Å². The molecule has 4 nitrogen and oxygen atoms in total. The Balaban J connectivity index is 2.01. The summed E-state index contributed by atoms with van der Waals surface area (Å²) in [7, 11) is 0. The summed E-state index contributed by atoms with van der Waals surface area (Å²) >= 11 is 3.54. The molecule has 1 aliphatic heterocycles. The minimum absolute atomic E-state index is 0.0780. The lowest BCUT2D eigenvalue weighted by molar-refractivity contribution is -0.0172. The third-order valence-electron chi connectivity index (χ3n) is 4.00. The summed E-state index contributed by atoms with van der Waals surface area (Å²) < 4.78 is 6.72. The molecule has 1 aliphatic rings. The predicted molar refractivity (Wildman–Crippen MR) is 88.2 cm³/mol. The molecule has 2 rings (SSSR count). The first-order valence-corrected chi connectivity index (χ1v) is 8.38. The molecule has 0 amide bonds. The number of rotatable bonds is 6. The summed E-state index contributed by atoms with van der Waals surface area (Å²) in [6.07, 6.45) is 2.26. The van der Waals surface area contributed by atoms with Gasteiger partial charge in [-0.25, -0.2) is 0 Å². The number of nitrogens with zero attached hydrogens (tertiary/aromatic N) is 1. The summed E-state index contributed by atoms with van der Waals surface area (Å²) in [6.45, 7) is 4.57. The van der Waals surface area contributed by atoms with Crippen molar-refractivity contribution in [2.75, 3.05) is 26.3 Å². The Labute approximate surface area is 135 Å². The maximum absolute atomic E-state index is 8.83. The third kappa shape index (κ3) is 4.76. The molecule has 1 aromatic rings. The predicted octanol–water partition coefficient (Wildman–Crippen LogP) is 2.31. The zero-order valence-corrected chi connectivity index (χ0v) is 14.1. The summed E-state index contributed by atoms with van der Waals surface area (Å²) in [4.78, 5) is 2.45. The maximum atomic E-state index is 8.83. The number of aliphatic hydroxyl groups excluding tert-OH is 1. The van der Waals surface area contributed by atoms with Crippen molar-refractivity contribution in [2.45, 2.75) is 38.0 Å². The van der Waals surface area contributed by atoms with Crippen LogP contribution in [0.2, 0.25) is 0 Å². The van der Waals surface area contributed by atoms with Crippen LogP contribution in [0.15, 0.2) is 28.7 Å². The second kappa shape index (κ2) is 8.25. The van der Waals surface area contributed by atoms with Gasteiger partial charge in [0.05, 0.1) is 19.3 Å². The SMILES string of the molecule is CC(N)C(c1cccc(Br)c1)N1CCC(OCCO)CC1. The number of benzene rings is 1. The molecule has 2 unspecified atom stereocenters. The number of aliphatic hydroxyl groups is 1. The zero-order chi connectivity index (χ0) is 15.2. The van der Waals surface area contributed by atoms with E-state index in [2.05, 4.69) is 46.0 Å². The van der Waals surface area contributed by atoms with E-state index < -0.39 is 0 Å². The first kappa shape index (κ1) is 16.9. The van der Waals surface area contributed by atoms with Gasteiger partial charge in [0.25, 0.3) is 0 Å². The van der Waals surface area contributed by atoms with Crippen molar-refractivity contribution in [2.24, 2.45) is 5.73 Å². The van der Waals surface area contributed by atoms with Crippen molar-refractivity contribution in [3.8, 4) is 0 Å². The smallest absolute Gasteiger partial charge is 0.0701 e. The Morgan fingerprint density at radius 3 is 2.71 bits per heavy atom. The fraction of sp³-hybridized carbons (Fsp3) is 0.625. The number of nitrogens with two attached hydrogens (primary N) is 1. The fourth-order valence-electron chi connectivity index (χ4n) is 3.08. The Bertz CT molecular complexity index is 434. The van der Waals surface area contributed by atoms with Crippen molar-refractivity contribution in [3.05, 3.63) is 34.3 Å². The molecule has 3 N–H and O–H groups in total. The van der Waals surface area contributed by atoms with Crippen molar-refractivity contribution in [1.29, 1.82) is 0 Å². The second-order valence-corrected chi connectivity index (χ2v) is 6.60. The van der Waals surface area contributed by atoms with Gasteiger partial charge < -0.3 is 15.6 Å². The van der Waals surface area contributed by atoms with E-state index in [1.807, 2.05) is 6.07 Å². The molecule has 1 aromatic carbocycles. The Morgan fingerprint density at radius 2 is 2.14 bits per heavy atom. The Hall–Kier alpha value is -0.460. The summed E-state index contributed by atoms with van der Waals surface area (Å²) in [5.74, 6) is 0. The average Bonchev–Trinajstić information content (AvgIpc) is 2.46. The van der Waals surface area contributed by atoms with Crippen LogP contribution in [-0.4, -0.2) is 48.5 Å². The number of hydrogen-bond acceptors (Lipinski definition) is 4. The van der Waals surface area contributed by atoms with Gasteiger partial charge in [-0.3, -0.25) is 4.90 Å². The third-order valence-corrected chi connectivity index (χ3v) is 4.50. The zero-order valence-electron chi connectivity index (χ0n) is 12.5. The van der Waals surface area contributed by atoms with Crippen molar-refractivity contribution in [1.82, 2.24) is 4.90 Å². The highest BCUT2D eigenvalue weighted by atomic mass is 79.9. The molecule has 0 aromatic heterocycles. The molecule has 0 spiro atoms. The van der Waals surface area contributed by atoms with Crippen LogP contribution in [0.5, 0.6) is 0 Å². The summed E-state index contributed by atoms with van der Waals surface area (Å²) in [5.41, 5.74) is 7.50. The highest BCUT2D eigenvalue weighted by molar-refractivity contribution is 9.10. The lowest BCUT2D eigenvalue weighted by atomic mass is 9.96. The van der Waals surface area contributed by atoms with E-state index in [0.29, 0.717) is 6.61 Å². The van der Waals surface area contributed by atoms with Crippen LogP contribution < -0.4 is 5.73 Å². The lowest BCUT2D eigenvalue weighted by Crippen LogP contribution is -2.45. The van der Waals surface area contributed by atoms with Crippen LogP contribution in [0.1, 0.15) is 31.4 Å². The molecule has 0 bridgehead atoms. The van der Waals surface area contributed by atoms with Gasteiger partial charge in [-0.15, -0.1) is 0 Å². The van der Waals surface area contributed by atoms with Crippen LogP contribution in [0.25, 0.3) is 0 Å². The fourth-order valence-corrected chi connectivity index (χ4v) is 3.49. The highest BCUT2D eigenvalue weighted by Gasteiger charge is 2.28. The molecule has 1 heterocycles. The van der Waals surface area contributed by atoms with Crippen LogP contribution in [0, 0.1) is 0 Å². The molecular formula is C16H25BrN2O2. The van der Waals surface area contributed by atoms with Gasteiger partial charge >= 0.3 is 0 Å². The summed E-state index contributed by atoms with van der Waals surface area (Å²) in [5, 5.41) is 8.83. The van der Waals surface area contributed by atoms with E-state index in [1.165, 1.54) is 5.56 Å². The van der Waals surface area contributed by atoms with E-state index >= 15 is 0 Å². The van der Waals surface area contributed by atoms with Crippen LogP contribution in [0.3, 0.4) is 0 Å². The van der Waals surface area contributed by atoms with Gasteiger partial charge in [0.2, 0.25) is 0 Å². The molecule has 2 atom stereocenters. The molecule has 118 valence electrons. The number of halogens is 1. The van der Waals surface area contributed by atoms with Crippen molar-refractivity contribution >= 4 is 15.9 Å². The Kier molecular flexibility index (Phi) is 6.64. The lowest BCUT2D eigenvalue weighted by Gasteiger charge is -2.39. The molecule has 1 fully saturated rings. The number of ether oxygens (including phenoxy) is 1. The first-order valence-electron chi connectivity index (χ1n) is 7.59. The van der Waals surface area contributed by atoms with E-state index in [1.54, 1.807) is 0 Å². The molecule has 0 radical (unpaired) electrons. The minimum atomic E-state index is 0.0780. The number of likely N-dealkylation sites (tertiary alicyclic amines) is 1. The highest BCUT2D eigenvalue weighted by Crippen LogP contribution is 2.29. The topological polar surface area (TPSA) is 58.7 Å². The van der Waals surface area contributed by atoms with E-state index in [4.69, 9.17) is 15.6 Å². The molecule has 21 heavy (non-hydrogen) atoms. The van der Waals surface area contributed by atoms with Crippen LogP contribution in [0.4, 0.5) is 0 Å². The Morgan fingerprint density at radius 1 is 1.43 bits per heavy atom. The standard InChI is InChI=1S/C16H25BrN2O2/c1-12(18)16(13-3-2-4-14(17)11-13)19-7-5-15(6-8-19)21-10-9-20/h2-4,11-12,15-16,20H,5-10,18H2,1H3.